The maximum atomic E-state index is 12.5. The first-order valence-corrected chi connectivity index (χ1v) is 7.37. The fourth-order valence-electron chi connectivity index (χ4n) is 1.88. The van der Waals surface area contributed by atoms with Gasteiger partial charge in [-0.15, -0.1) is 10.2 Å². The third kappa shape index (κ3) is 4.06. The molecule has 9 heteroatoms. The summed E-state index contributed by atoms with van der Waals surface area (Å²) in [6.07, 6.45) is -4.61. The van der Waals surface area contributed by atoms with Crippen molar-refractivity contribution in [3.8, 4) is 5.75 Å². The number of ether oxygens (including phenoxy) is 1. The highest BCUT2D eigenvalue weighted by atomic mass is 32.2. The van der Waals surface area contributed by atoms with Crippen LogP contribution in [0.2, 0.25) is 0 Å². The van der Waals surface area contributed by atoms with Gasteiger partial charge in [0.25, 0.3) is 5.82 Å². The summed E-state index contributed by atoms with van der Waals surface area (Å²) in [5.74, 6) is 5.24. The molecule has 0 bridgehead atoms. The summed E-state index contributed by atoms with van der Waals surface area (Å²) in [4.78, 5) is 0. The largest absolute Gasteiger partial charge is 0.493 e. The third-order valence-corrected chi connectivity index (χ3v) is 3.60. The van der Waals surface area contributed by atoms with Crippen LogP contribution in [0.3, 0.4) is 0 Å². The van der Waals surface area contributed by atoms with E-state index in [1.54, 1.807) is 0 Å². The highest BCUT2D eigenvalue weighted by Gasteiger charge is 2.38. The Morgan fingerprint density at radius 1 is 1.18 bits per heavy atom. The number of nitrogens with two attached hydrogens (primary N) is 1. The molecule has 0 unspecified atom stereocenters. The molecule has 0 radical (unpaired) electrons. The van der Waals surface area contributed by atoms with Crippen LogP contribution in [0.1, 0.15) is 17.0 Å². The second-order valence-corrected chi connectivity index (χ2v) is 5.76. The lowest BCUT2D eigenvalue weighted by Gasteiger charge is -2.08. The van der Waals surface area contributed by atoms with Crippen molar-refractivity contribution >= 4 is 11.8 Å². The molecule has 0 spiro atoms. The number of thioether (sulfide) groups is 1. The quantitative estimate of drug-likeness (QED) is 0.518. The maximum Gasteiger partial charge on any atom is 0.453 e. The van der Waals surface area contributed by atoms with Gasteiger partial charge in [0.1, 0.15) is 5.75 Å². The van der Waals surface area contributed by atoms with E-state index in [2.05, 4.69) is 10.2 Å². The SMILES string of the molecule is Cc1cc(C)cc(OCCSc2nnc(C(F)(F)F)n2N)c1. The zero-order chi connectivity index (χ0) is 16.3. The van der Waals surface area contributed by atoms with Crippen molar-refractivity contribution in [3.63, 3.8) is 0 Å². The smallest absolute Gasteiger partial charge is 0.453 e. The van der Waals surface area contributed by atoms with Crippen molar-refractivity contribution in [2.45, 2.75) is 25.2 Å². The predicted octanol–water partition coefficient (Wildman–Crippen LogP) is 2.80. The van der Waals surface area contributed by atoms with E-state index in [4.69, 9.17) is 10.6 Å². The number of nitrogens with zero attached hydrogens (tertiary/aromatic N) is 3. The molecule has 1 aromatic heterocycles. The van der Waals surface area contributed by atoms with Crippen LogP contribution in [0.4, 0.5) is 13.2 Å². The lowest BCUT2D eigenvalue weighted by atomic mass is 10.1. The first-order chi connectivity index (χ1) is 10.3. The van der Waals surface area contributed by atoms with E-state index >= 15 is 0 Å². The number of hydrogen-bond donors (Lipinski definition) is 1. The number of hydrogen-bond acceptors (Lipinski definition) is 5. The molecule has 2 rings (SSSR count). The molecular formula is C13H15F3N4OS. The van der Waals surface area contributed by atoms with E-state index < -0.39 is 12.0 Å². The Morgan fingerprint density at radius 2 is 1.82 bits per heavy atom. The van der Waals surface area contributed by atoms with E-state index in [1.165, 1.54) is 0 Å². The summed E-state index contributed by atoms with van der Waals surface area (Å²) in [5, 5.41) is 6.48. The Kier molecular flexibility index (Phi) is 4.84. The van der Waals surface area contributed by atoms with Crippen LogP contribution in [0.25, 0.3) is 0 Å². The van der Waals surface area contributed by atoms with Crippen LogP contribution in [0.15, 0.2) is 23.4 Å². The molecule has 2 N–H and O–H groups in total. The minimum absolute atomic E-state index is 0.00338. The second-order valence-electron chi connectivity index (χ2n) is 4.69. The molecule has 0 fully saturated rings. The summed E-state index contributed by atoms with van der Waals surface area (Å²) in [6, 6.07) is 5.81. The highest BCUT2D eigenvalue weighted by Crippen LogP contribution is 2.28. The summed E-state index contributed by atoms with van der Waals surface area (Å²) in [7, 11) is 0. The fraction of sp³-hybridized carbons (Fsp3) is 0.385. The van der Waals surface area contributed by atoms with Gasteiger partial charge < -0.3 is 10.6 Å². The van der Waals surface area contributed by atoms with Crippen molar-refractivity contribution in [3.05, 3.63) is 35.2 Å². The minimum Gasteiger partial charge on any atom is -0.493 e. The van der Waals surface area contributed by atoms with Crippen LogP contribution >= 0.6 is 11.8 Å². The Hall–Kier alpha value is -1.90. The zero-order valence-corrected chi connectivity index (χ0v) is 12.8. The van der Waals surface area contributed by atoms with Gasteiger partial charge in [-0.2, -0.15) is 13.2 Å². The molecule has 0 aliphatic rings. The molecule has 2 aromatic rings. The predicted molar refractivity (Wildman–Crippen MR) is 77.3 cm³/mol. The van der Waals surface area contributed by atoms with Gasteiger partial charge in [-0.3, -0.25) is 0 Å². The van der Waals surface area contributed by atoms with Crippen LogP contribution in [-0.2, 0) is 6.18 Å². The number of nitrogen functional groups attached to an aromatic ring is 1. The normalized spacial score (nSPS) is 11.7. The standard InChI is InChI=1S/C13H15F3N4OS/c1-8-5-9(2)7-10(6-8)21-3-4-22-12-19-18-11(20(12)17)13(14,15)16/h5-7H,3-4,17H2,1-2H3. The molecule has 0 aliphatic heterocycles. The summed E-state index contributed by atoms with van der Waals surface area (Å²) in [6.45, 7) is 4.25. The highest BCUT2D eigenvalue weighted by molar-refractivity contribution is 7.99. The number of aryl methyl sites for hydroxylation is 2. The van der Waals surface area contributed by atoms with Gasteiger partial charge in [0, 0.05) is 5.75 Å². The summed E-state index contributed by atoms with van der Waals surface area (Å²) < 4.78 is 43.5. The molecule has 0 saturated carbocycles. The van der Waals surface area contributed by atoms with E-state index in [1.807, 2.05) is 32.0 Å². The molecule has 0 aliphatic carbocycles. The Balaban J connectivity index is 1.88. The molecule has 22 heavy (non-hydrogen) atoms. The van der Waals surface area contributed by atoms with E-state index in [9.17, 15) is 13.2 Å². The molecular weight excluding hydrogens is 317 g/mol. The number of halogens is 3. The summed E-state index contributed by atoms with van der Waals surface area (Å²) >= 11 is 1.05. The van der Waals surface area contributed by atoms with Crippen LogP contribution in [0.5, 0.6) is 5.75 Å². The molecule has 0 saturated heterocycles. The molecule has 1 aromatic carbocycles. The first kappa shape index (κ1) is 16.5. The molecule has 120 valence electrons. The van der Waals surface area contributed by atoms with Crippen LogP contribution < -0.4 is 10.6 Å². The number of rotatable bonds is 5. The van der Waals surface area contributed by atoms with Crippen molar-refractivity contribution in [2.75, 3.05) is 18.2 Å². The van der Waals surface area contributed by atoms with E-state index in [-0.39, 0.29) is 5.16 Å². The topological polar surface area (TPSA) is 66.0 Å². The van der Waals surface area contributed by atoms with Gasteiger partial charge in [0.15, 0.2) is 0 Å². The number of benzene rings is 1. The molecule has 1 heterocycles. The van der Waals surface area contributed by atoms with Crippen molar-refractivity contribution in [2.24, 2.45) is 0 Å². The van der Waals surface area contributed by atoms with E-state index in [0.29, 0.717) is 17.0 Å². The molecule has 0 amide bonds. The Morgan fingerprint density at radius 3 is 2.36 bits per heavy atom. The molecule has 0 atom stereocenters. The average molecular weight is 332 g/mol. The first-order valence-electron chi connectivity index (χ1n) is 6.39. The van der Waals surface area contributed by atoms with Gasteiger partial charge in [0.05, 0.1) is 6.61 Å². The van der Waals surface area contributed by atoms with Gasteiger partial charge in [-0.1, -0.05) is 17.8 Å². The third-order valence-electron chi connectivity index (χ3n) is 2.70. The maximum absolute atomic E-state index is 12.5. The van der Waals surface area contributed by atoms with Gasteiger partial charge in [0.2, 0.25) is 5.16 Å². The van der Waals surface area contributed by atoms with Gasteiger partial charge in [-0.25, -0.2) is 4.68 Å². The second kappa shape index (κ2) is 6.47. The van der Waals surface area contributed by atoms with Crippen molar-refractivity contribution in [1.82, 2.24) is 14.9 Å². The van der Waals surface area contributed by atoms with Crippen molar-refractivity contribution < 1.29 is 17.9 Å². The number of alkyl halides is 3. The monoisotopic (exact) mass is 332 g/mol. The lowest BCUT2D eigenvalue weighted by Crippen LogP contribution is -2.21. The Bertz CT molecular complexity index is 637. The van der Waals surface area contributed by atoms with Gasteiger partial charge in [-0.05, 0) is 37.1 Å². The zero-order valence-electron chi connectivity index (χ0n) is 12.0. The fourth-order valence-corrected chi connectivity index (χ4v) is 2.55. The lowest BCUT2D eigenvalue weighted by molar-refractivity contribution is -0.146. The summed E-state index contributed by atoms with van der Waals surface area (Å²) in [5.41, 5.74) is 2.17. The van der Waals surface area contributed by atoms with Crippen LogP contribution in [-0.4, -0.2) is 27.2 Å². The van der Waals surface area contributed by atoms with E-state index in [0.717, 1.165) is 28.6 Å². The Labute approximate surface area is 129 Å². The van der Waals surface area contributed by atoms with Gasteiger partial charge >= 0.3 is 6.18 Å². The molecule has 5 nitrogen and oxygen atoms in total. The minimum atomic E-state index is -4.61. The number of aromatic nitrogens is 3. The van der Waals surface area contributed by atoms with Crippen LogP contribution in [0, 0.1) is 13.8 Å². The van der Waals surface area contributed by atoms with Crippen molar-refractivity contribution in [1.29, 1.82) is 0 Å². The average Bonchev–Trinajstić information content (AvgIpc) is 2.75.